The van der Waals surface area contributed by atoms with Crippen LogP contribution in [0.15, 0.2) is 0 Å². The lowest BCUT2D eigenvalue weighted by molar-refractivity contribution is 0.541. The Hall–Kier alpha value is -1.10. The van der Waals surface area contributed by atoms with E-state index in [1.807, 2.05) is 0 Å². The number of aromatic nitrogens is 3. The Morgan fingerprint density at radius 3 is 2.50 bits per heavy atom. The van der Waals surface area contributed by atoms with E-state index >= 15 is 0 Å². The van der Waals surface area contributed by atoms with Crippen molar-refractivity contribution in [3.63, 3.8) is 0 Å². The number of anilines is 2. The second-order valence-electron chi connectivity index (χ2n) is 5.28. The molecule has 1 saturated heterocycles. The molecule has 0 aromatic carbocycles. The molecule has 5 nitrogen and oxygen atoms in total. The van der Waals surface area contributed by atoms with Gasteiger partial charge in [-0.15, -0.1) is 0 Å². The smallest absolute Gasteiger partial charge is 0.231 e. The first-order valence-electron chi connectivity index (χ1n) is 6.45. The van der Waals surface area contributed by atoms with E-state index in [4.69, 9.17) is 11.6 Å². The third kappa shape index (κ3) is 3.22. The summed E-state index contributed by atoms with van der Waals surface area (Å²) in [6.07, 6.45) is 3.36. The van der Waals surface area contributed by atoms with E-state index in [0.717, 1.165) is 19.5 Å². The first-order chi connectivity index (χ1) is 8.50. The lowest BCUT2D eigenvalue weighted by atomic mass is 10.0. The fourth-order valence-electron chi connectivity index (χ4n) is 1.85. The molecule has 0 radical (unpaired) electrons. The maximum Gasteiger partial charge on any atom is 0.231 e. The van der Waals surface area contributed by atoms with E-state index in [9.17, 15) is 0 Å². The average molecular weight is 270 g/mol. The zero-order chi connectivity index (χ0) is 13.2. The van der Waals surface area contributed by atoms with Crippen molar-refractivity contribution in [3.8, 4) is 0 Å². The summed E-state index contributed by atoms with van der Waals surface area (Å²) < 4.78 is 0. The first-order valence-corrected chi connectivity index (χ1v) is 6.83. The van der Waals surface area contributed by atoms with E-state index in [-0.39, 0.29) is 10.8 Å². The molecule has 1 fully saturated rings. The zero-order valence-corrected chi connectivity index (χ0v) is 12.0. The molecule has 1 N–H and O–H groups in total. The van der Waals surface area contributed by atoms with Crippen LogP contribution in [0.2, 0.25) is 5.28 Å². The van der Waals surface area contributed by atoms with Crippen LogP contribution >= 0.6 is 11.6 Å². The monoisotopic (exact) mass is 269 g/mol. The van der Waals surface area contributed by atoms with Crippen LogP contribution in [0.5, 0.6) is 0 Å². The predicted octanol–water partition coefficient (Wildman–Crippen LogP) is 2.73. The van der Waals surface area contributed by atoms with Gasteiger partial charge in [0.2, 0.25) is 17.2 Å². The molecule has 1 aromatic heterocycles. The molecule has 0 aliphatic carbocycles. The van der Waals surface area contributed by atoms with Crippen LogP contribution in [0.25, 0.3) is 0 Å². The summed E-state index contributed by atoms with van der Waals surface area (Å²) in [4.78, 5) is 15.0. The minimum absolute atomic E-state index is 0.0486. The highest BCUT2D eigenvalue weighted by atomic mass is 35.5. The minimum atomic E-state index is -0.0486. The summed E-state index contributed by atoms with van der Waals surface area (Å²) in [5.74, 6) is 1.24. The molecule has 2 heterocycles. The quantitative estimate of drug-likeness (QED) is 0.911. The third-order valence-corrected chi connectivity index (χ3v) is 3.49. The van der Waals surface area contributed by atoms with Crippen molar-refractivity contribution in [2.45, 2.75) is 45.6 Å². The molecule has 0 amide bonds. The number of nitrogens with zero attached hydrogens (tertiary/aromatic N) is 4. The van der Waals surface area contributed by atoms with E-state index in [1.165, 1.54) is 12.8 Å². The lowest BCUT2D eigenvalue weighted by Gasteiger charge is -2.25. The summed E-state index contributed by atoms with van der Waals surface area (Å²) in [6.45, 7) is 8.34. The summed E-state index contributed by atoms with van der Waals surface area (Å²) >= 11 is 5.97. The van der Waals surface area contributed by atoms with Gasteiger partial charge in [0, 0.05) is 18.6 Å². The molecule has 2 rings (SSSR count). The van der Waals surface area contributed by atoms with E-state index in [2.05, 4.69) is 45.9 Å². The maximum absolute atomic E-state index is 5.97. The molecule has 18 heavy (non-hydrogen) atoms. The van der Waals surface area contributed by atoms with Gasteiger partial charge in [-0.05, 0) is 44.7 Å². The largest absolute Gasteiger partial charge is 0.349 e. The van der Waals surface area contributed by atoms with Gasteiger partial charge >= 0.3 is 0 Å². The van der Waals surface area contributed by atoms with Crippen molar-refractivity contribution in [2.75, 3.05) is 23.3 Å². The summed E-state index contributed by atoms with van der Waals surface area (Å²) in [5, 5.41) is 3.55. The molecule has 0 atom stereocenters. The standard InChI is InChI=1S/C12H20ClN5/c1-4-12(2,3)17-10-14-9(13)15-11(16-10)18-7-5-6-8-18/h4-8H2,1-3H3,(H,14,15,16,17). The summed E-state index contributed by atoms with van der Waals surface area (Å²) in [5.41, 5.74) is -0.0486. The molecule has 1 aliphatic rings. The van der Waals surface area contributed by atoms with Crippen LogP contribution in [0, 0.1) is 0 Å². The lowest BCUT2D eigenvalue weighted by Crippen LogP contribution is -2.31. The van der Waals surface area contributed by atoms with Crippen LogP contribution in [0.1, 0.15) is 40.0 Å². The topological polar surface area (TPSA) is 53.9 Å². The molecule has 0 unspecified atom stereocenters. The van der Waals surface area contributed by atoms with Crippen LogP contribution in [0.3, 0.4) is 0 Å². The zero-order valence-electron chi connectivity index (χ0n) is 11.2. The van der Waals surface area contributed by atoms with Gasteiger partial charge in [-0.25, -0.2) is 0 Å². The molecular formula is C12H20ClN5. The Morgan fingerprint density at radius 2 is 1.89 bits per heavy atom. The molecular weight excluding hydrogens is 250 g/mol. The van der Waals surface area contributed by atoms with Crippen LogP contribution in [-0.4, -0.2) is 33.6 Å². The molecule has 100 valence electrons. The van der Waals surface area contributed by atoms with Gasteiger partial charge in [0.15, 0.2) is 0 Å². The van der Waals surface area contributed by atoms with Gasteiger partial charge < -0.3 is 10.2 Å². The van der Waals surface area contributed by atoms with Gasteiger partial charge in [-0.1, -0.05) is 6.92 Å². The SMILES string of the molecule is CCC(C)(C)Nc1nc(Cl)nc(N2CCCC2)n1. The number of rotatable bonds is 4. The Morgan fingerprint density at radius 1 is 1.22 bits per heavy atom. The Kier molecular flexibility index (Phi) is 3.90. The Balaban J connectivity index is 2.20. The predicted molar refractivity (Wildman–Crippen MR) is 74.3 cm³/mol. The van der Waals surface area contributed by atoms with Crippen LogP contribution < -0.4 is 10.2 Å². The van der Waals surface area contributed by atoms with E-state index < -0.39 is 0 Å². The molecule has 0 spiro atoms. The second-order valence-corrected chi connectivity index (χ2v) is 5.62. The van der Waals surface area contributed by atoms with Crippen molar-refractivity contribution < 1.29 is 0 Å². The van der Waals surface area contributed by atoms with Crippen molar-refractivity contribution in [3.05, 3.63) is 5.28 Å². The number of hydrogen-bond acceptors (Lipinski definition) is 5. The van der Waals surface area contributed by atoms with Crippen LogP contribution in [0.4, 0.5) is 11.9 Å². The normalized spacial score (nSPS) is 16.1. The Bertz CT molecular complexity index is 415. The van der Waals surface area contributed by atoms with Gasteiger partial charge in [-0.3, -0.25) is 0 Å². The van der Waals surface area contributed by atoms with Crippen molar-refractivity contribution in [1.29, 1.82) is 0 Å². The maximum atomic E-state index is 5.97. The first kappa shape index (κ1) is 13.3. The van der Waals surface area contributed by atoms with Crippen molar-refractivity contribution in [1.82, 2.24) is 15.0 Å². The van der Waals surface area contributed by atoms with E-state index in [1.54, 1.807) is 0 Å². The fraction of sp³-hybridized carbons (Fsp3) is 0.750. The highest BCUT2D eigenvalue weighted by Crippen LogP contribution is 2.21. The molecule has 1 aliphatic heterocycles. The van der Waals surface area contributed by atoms with Gasteiger partial charge in [0.25, 0.3) is 0 Å². The van der Waals surface area contributed by atoms with Gasteiger partial charge in [-0.2, -0.15) is 15.0 Å². The van der Waals surface area contributed by atoms with E-state index in [0.29, 0.717) is 11.9 Å². The summed E-state index contributed by atoms with van der Waals surface area (Å²) in [6, 6.07) is 0. The molecule has 1 aromatic rings. The minimum Gasteiger partial charge on any atom is -0.349 e. The van der Waals surface area contributed by atoms with Crippen molar-refractivity contribution >= 4 is 23.5 Å². The van der Waals surface area contributed by atoms with Crippen molar-refractivity contribution in [2.24, 2.45) is 0 Å². The average Bonchev–Trinajstić information content (AvgIpc) is 2.81. The van der Waals surface area contributed by atoms with Gasteiger partial charge in [0.05, 0.1) is 0 Å². The second kappa shape index (κ2) is 5.26. The fourth-order valence-corrected chi connectivity index (χ4v) is 2.00. The number of hydrogen-bond donors (Lipinski definition) is 1. The highest BCUT2D eigenvalue weighted by molar-refractivity contribution is 6.28. The molecule has 6 heteroatoms. The number of halogens is 1. The Labute approximate surface area is 113 Å². The highest BCUT2D eigenvalue weighted by Gasteiger charge is 2.20. The molecule has 0 bridgehead atoms. The third-order valence-electron chi connectivity index (χ3n) is 3.32. The molecule has 0 saturated carbocycles. The summed E-state index contributed by atoms with van der Waals surface area (Å²) in [7, 11) is 0. The van der Waals surface area contributed by atoms with Crippen LogP contribution in [-0.2, 0) is 0 Å². The number of nitrogens with one attached hydrogen (secondary N) is 1. The van der Waals surface area contributed by atoms with Gasteiger partial charge in [0.1, 0.15) is 0 Å².